The minimum atomic E-state index is -0.752. The Balaban J connectivity index is 1.80. The molecule has 0 aliphatic rings. The number of ether oxygens (including phenoxy) is 1. The highest BCUT2D eigenvalue weighted by Crippen LogP contribution is 2.30. The van der Waals surface area contributed by atoms with Gasteiger partial charge in [-0.05, 0) is 49.9 Å². The van der Waals surface area contributed by atoms with Crippen molar-refractivity contribution in [1.82, 2.24) is 9.97 Å². The lowest BCUT2D eigenvalue weighted by Crippen LogP contribution is -2.07. The lowest BCUT2D eigenvalue weighted by atomic mass is 10.0. The number of nitrogens with zero attached hydrogens (tertiary/aromatic N) is 2. The minimum absolute atomic E-state index is 0.199. The van der Waals surface area contributed by atoms with E-state index in [0.29, 0.717) is 6.42 Å². The first-order chi connectivity index (χ1) is 14.4. The lowest BCUT2D eigenvalue weighted by molar-refractivity contribution is -0.137. The van der Waals surface area contributed by atoms with E-state index in [2.05, 4.69) is 34.1 Å². The number of carboxylic acids is 1. The van der Waals surface area contributed by atoms with Crippen LogP contribution in [0.2, 0.25) is 0 Å². The number of carbonyl (C=O) groups is 1. The van der Waals surface area contributed by atoms with E-state index < -0.39 is 5.97 Å². The van der Waals surface area contributed by atoms with Crippen LogP contribution in [-0.2, 0) is 11.2 Å². The number of hydrogen-bond donors (Lipinski definition) is 2. The van der Waals surface area contributed by atoms with E-state index in [-0.39, 0.29) is 6.42 Å². The highest BCUT2D eigenvalue weighted by Gasteiger charge is 2.13. The van der Waals surface area contributed by atoms with E-state index in [9.17, 15) is 4.79 Å². The predicted molar refractivity (Wildman–Crippen MR) is 120 cm³/mol. The number of unbranched alkanes of at least 4 members (excludes halogenated alkanes) is 1. The molecule has 0 radical (unpaired) electrons. The molecule has 1 aromatic heterocycles. The summed E-state index contributed by atoms with van der Waals surface area (Å²) in [5, 5.41) is 8.78. The number of hydrogen-bond acceptors (Lipinski definition) is 4. The topological polar surface area (TPSA) is 78.5 Å². The molecular formula is C24H29N3O3. The van der Waals surface area contributed by atoms with E-state index in [0.717, 1.165) is 58.2 Å². The molecule has 0 atom stereocenters. The molecule has 1 heterocycles. The van der Waals surface area contributed by atoms with Gasteiger partial charge in [-0.25, -0.2) is 4.98 Å². The number of aliphatic carboxylic acids is 1. The third-order valence-corrected chi connectivity index (χ3v) is 5.19. The Morgan fingerprint density at radius 2 is 1.80 bits per heavy atom. The molecule has 0 aliphatic heterocycles. The van der Waals surface area contributed by atoms with Crippen molar-refractivity contribution in [2.75, 3.05) is 26.1 Å². The number of imidazole rings is 1. The number of anilines is 1. The van der Waals surface area contributed by atoms with Crippen molar-refractivity contribution in [2.45, 2.75) is 32.6 Å². The van der Waals surface area contributed by atoms with Gasteiger partial charge in [0, 0.05) is 43.0 Å². The van der Waals surface area contributed by atoms with Crippen LogP contribution in [0.3, 0.4) is 0 Å². The van der Waals surface area contributed by atoms with Crippen molar-refractivity contribution in [3.8, 4) is 28.4 Å². The smallest absolute Gasteiger partial charge is 0.303 e. The van der Waals surface area contributed by atoms with Gasteiger partial charge >= 0.3 is 5.97 Å². The maximum absolute atomic E-state index is 10.7. The average molecular weight is 408 g/mol. The van der Waals surface area contributed by atoms with Gasteiger partial charge in [0.1, 0.15) is 11.6 Å². The Hall–Kier alpha value is -3.28. The van der Waals surface area contributed by atoms with E-state index in [1.54, 1.807) is 7.11 Å². The molecule has 0 amide bonds. The first-order valence-electron chi connectivity index (χ1n) is 10.1. The number of H-pyrrole nitrogens is 1. The zero-order valence-corrected chi connectivity index (χ0v) is 18.0. The first-order valence-corrected chi connectivity index (χ1v) is 10.1. The summed E-state index contributed by atoms with van der Waals surface area (Å²) in [5.74, 6) is 0.848. The summed E-state index contributed by atoms with van der Waals surface area (Å²) in [6.45, 7) is 2.03. The zero-order chi connectivity index (χ0) is 21.7. The summed E-state index contributed by atoms with van der Waals surface area (Å²) in [6.07, 6.45) is 2.46. The van der Waals surface area contributed by atoms with Gasteiger partial charge in [0.2, 0.25) is 0 Å². The van der Waals surface area contributed by atoms with E-state index in [4.69, 9.17) is 14.8 Å². The largest absolute Gasteiger partial charge is 0.496 e. The monoisotopic (exact) mass is 407 g/mol. The molecule has 0 bridgehead atoms. The molecule has 0 unspecified atom stereocenters. The van der Waals surface area contributed by atoms with Gasteiger partial charge in [-0.1, -0.05) is 24.3 Å². The number of aromatic amines is 1. The number of methoxy groups -OCH3 is 1. The molecule has 3 rings (SSSR count). The molecule has 2 N–H and O–H groups in total. The van der Waals surface area contributed by atoms with Crippen molar-refractivity contribution in [3.05, 3.63) is 53.7 Å². The maximum atomic E-state index is 10.7. The third-order valence-electron chi connectivity index (χ3n) is 5.19. The van der Waals surface area contributed by atoms with Crippen molar-refractivity contribution in [1.29, 1.82) is 0 Å². The van der Waals surface area contributed by atoms with Gasteiger partial charge in [-0.2, -0.15) is 0 Å². The van der Waals surface area contributed by atoms with Crippen LogP contribution in [0.4, 0.5) is 5.69 Å². The molecular weight excluding hydrogens is 378 g/mol. The zero-order valence-electron chi connectivity index (χ0n) is 18.0. The van der Waals surface area contributed by atoms with Gasteiger partial charge in [0.25, 0.3) is 0 Å². The summed E-state index contributed by atoms with van der Waals surface area (Å²) >= 11 is 0. The highest BCUT2D eigenvalue weighted by atomic mass is 16.5. The normalized spacial score (nSPS) is 10.8. The van der Waals surface area contributed by atoms with Gasteiger partial charge < -0.3 is 19.7 Å². The quantitative estimate of drug-likeness (QED) is 0.492. The number of rotatable bonds is 9. The van der Waals surface area contributed by atoms with Crippen molar-refractivity contribution in [3.63, 3.8) is 0 Å². The number of aryl methyl sites for hydroxylation is 2. The first kappa shape index (κ1) is 21.4. The van der Waals surface area contributed by atoms with Crippen LogP contribution in [0, 0.1) is 6.92 Å². The van der Waals surface area contributed by atoms with Gasteiger partial charge in [-0.15, -0.1) is 0 Å². The fraction of sp³-hybridized carbons (Fsp3) is 0.333. The molecule has 2 aromatic carbocycles. The van der Waals surface area contributed by atoms with E-state index >= 15 is 0 Å². The fourth-order valence-electron chi connectivity index (χ4n) is 3.49. The molecule has 30 heavy (non-hydrogen) atoms. The van der Waals surface area contributed by atoms with Gasteiger partial charge in [0.15, 0.2) is 0 Å². The van der Waals surface area contributed by atoms with Crippen LogP contribution in [0.1, 0.15) is 30.5 Å². The Morgan fingerprint density at radius 1 is 1.10 bits per heavy atom. The second-order valence-corrected chi connectivity index (χ2v) is 7.63. The van der Waals surface area contributed by atoms with E-state index in [1.165, 1.54) is 0 Å². The summed E-state index contributed by atoms with van der Waals surface area (Å²) < 4.78 is 5.58. The van der Waals surface area contributed by atoms with Gasteiger partial charge in [0.05, 0.1) is 12.8 Å². The summed E-state index contributed by atoms with van der Waals surface area (Å²) in [7, 11) is 5.71. The Morgan fingerprint density at radius 3 is 2.43 bits per heavy atom. The van der Waals surface area contributed by atoms with Crippen LogP contribution in [0.25, 0.3) is 22.6 Å². The third kappa shape index (κ3) is 5.00. The molecule has 6 nitrogen and oxygen atoms in total. The molecule has 6 heteroatoms. The van der Waals surface area contributed by atoms with Crippen LogP contribution >= 0.6 is 0 Å². The molecule has 0 saturated carbocycles. The lowest BCUT2D eigenvalue weighted by Gasteiger charge is -2.12. The molecule has 0 fully saturated rings. The number of carboxylic acid groups (broad SMARTS) is 1. The van der Waals surface area contributed by atoms with Crippen LogP contribution in [0.15, 0.2) is 42.5 Å². The summed E-state index contributed by atoms with van der Waals surface area (Å²) in [6, 6.07) is 14.4. The molecule has 0 spiro atoms. The standard InChI is InChI=1S/C24H29N3O3/c1-16-23(18-11-13-20(14-12-18)27(2)3)26-24(25-16)19-10-9-17(21(15-19)30-4)7-5-6-8-22(28)29/h9-15H,5-8H2,1-4H3,(H,25,26)(H,28,29). The van der Waals surface area contributed by atoms with Crippen LogP contribution in [0.5, 0.6) is 5.75 Å². The summed E-state index contributed by atoms with van der Waals surface area (Å²) in [4.78, 5) is 21.0. The average Bonchev–Trinajstić information content (AvgIpc) is 3.12. The molecule has 158 valence electrons. The van der Waals surface area contributed by atoms with Crippen LogP contribution in [-0.4, -0.2) is 42.2 Å². The van der Waals surface area contributed by atoms with Crippen molar-refractivity contribution in [2.24, 2.45) is 0 Å². The number of nitrogens with one attached hydrogen (secondary N) is 1. The van der Waals surface area contributed by atoms with Crippen molar-refractivity contribution >= 4 is 11.7 Å². The fourth-order valence-corrected chi connectivity index (χ4v) is 3.49. The molecule has 0 aliphatic carbocycles. The SMILES string of the molecule is COc1cc(-c2nc(-c3ccc(N(C)C)cc3)c(C)[nH]2)ccc1CCCCC(=O)O. The molecule has 0 saturated heterocycles. The number of aromatic nitrogens is 2. The molecule has 3 aromatic rings. The minimum Gasteiger partial charge on any atom is -0.496 e. The van der Waals surface area contributed by atoms with Crippen molar-refractivity contribution < 1.29 is 14.6 Å². The maximum Gasteiger partial charge on any atom is 0.303 e. The van der Waals surface area contributed by atoms with Crippen LogP contribution < -0.4 is 9.64 Å². The van der Waals surface area contributed by atoms with Gasteiger partial charge in [-0.3, -0.25) is 4.79 Å². The second kappa shape index (κ2) is 9.48. The number of benzene rings is 2. The predicted octanol–water partition coefficient (Wildman–Crippen LogP) is 4.92. The second-order valence-electron chi connectivity index (χ2n) is 7.63. The Labute approximate surface area is 177 Å². The Kier molecular flexibility index (Phi) is 6.77. The Bertz CT molecular complexity index is 1010. The van der Waals surface area contributed by atoms with E-state index in [1.807, 2.05) is 39.2 Å². The summed E-state index contributed by atoms with van der Waals surface area (Å²) in [5.41, 5.74) is 6.21. The highest BCUT2D eigenvalue weighted by molar-refractivity contribution is 5.70.